The first-order valence-electron chi connectivity index (χ1n) is 11.0. The molecule has 9 nitrogen and oxygen atoms in total. The van der Waals surface area contributed by atoms with Crippen LogP contribution in [0.1, 0.15) is 42.0 Å². The number of aromatic nitrogens is 6. The second-order valence-corrected chi connectivity index (χ2v) is 8.73. The van der Waals surface area contributed by atoms with Crippen molar-refractivity contribution in [1.82, 2.24) is 29.1 Å². The molecule has 5 aromatic rings. The van der Waals surface area contributed by atoms with Gasteiger partial charge in [0.05, 0.1) is 22.1 Å². The molecular formula is C24H20ClN7O2. The summed E-state index contributed by atoms with van der Waals surface area (Å²) in [6.07, 6.45) is 6.50. The van der Waals surface area contributed by atoms with E-state index >= 15 is 0 Å². The zero-order valence-electron chi connectivity index (χ0n) is 18.3. The summed E-state index contributed by atoms with van der Waals surface area (Å²) < 4.78 is 3.17. The monoisotopic (exact) mass is 473 g/mol. The van der Waals surface area contributed by atoms with E-state index in [0.29, 0.717) is 51.0 Å². The number of carbonyl (C=O) groups is 1. The van der Waals surface area contributed by atoms with Gasteiger partial charge in [0, 0.05) is 24.5 Å². The summed E-state index contributed by atoms with van der Waals surface area (Å²) in [7, 11) is 0. The Balaban J connectivity index is 1.60. The van der Waals surface area contributed by atoms with Crippen molar-refractivity contribution in [2.75, 3.05) is 11.4 Å². The molecule has 1 N–H and O–H groups in total. The Bertz CT molecular complexity index is 1620. The van der Waals surface area contributed by atoms with Crippen molar-refractivity contribution in [1.29, 1.82) is 0 Å². The van der Waals surface area contributed by atoms with Gasteiger partial charge in [0.15, 0.2) is 11.6 Å². The molecule has 4 aromatic heterocycles. The summed E-state index contributed by atoms with van der Waals surface area (Å²) in [5.41, 5.74) is 1.93. The molecular weight excluding hydrogens is 454 g/mol. The van der Waals surface area contributed by atoms with Gasteiger partial charge in [-0.2, -0.15) is 5.10 Å². The van der Waals surface area contributed by atoms with Gasteiger partial charge in [0.2, 0.25) is 0 Å². The molecule has 1 atom stereocenters. The largest absolute Gasteiger partial charge is 0.346 e. The Morgan fingerprint density at radius 1 is 1.18 bits per heavy atom. The number of anilines is 1. The molecule has 0 unspecified atom stereocenters. The average Bonchev–Trinajstić information content (AvgIpc) is 3.57. The third-order valence-electron chi connectivity index (χ3n) is 6.33. The predicted molar refractivity (Wildman–Crippen MR) is 129 cm³/mol. The lowest BCUT2D eigenvalue weighted by atomic mass is 10.1. The van der Waals surface area contributed by atoms with Crippen molar-refractivity contribution in [3.8, 4) is 5.69 Å². The Morgan fingerprint density at radius 2 is 2.00 bits per heavy atom. The number of halogens is 1. The van der Waals surface area contributed by atoms with E-state index in [1.54, 1.807) is 27.5 Å². The van der Waals surface area contributed by atoms with Gasteiger partial charge in [-0.1, -0.05) is 29.8 Å². The van der Waals surface area contributed by atoms with Gasteiger partial charge >= 0.3 is 0 Å². The van der Waals surface area contributed by atoms with Crippen molar-refractivity contribution in [3.63, 3.8) is 0 Å². The van der Waals surface area contributed by atoms with E-state index in [9.17, 15) is 9.59 Å². The van der Waals surface area contributed by atoms with Crippen LogP contribution >= 0.6 is 11.6 Å². The van der Waals surface area contributed by atoms with Gasteiger partial charge in [0.1, 0.15) is 23.3 Å². The standard InChI is InChI=1S/C24H20ClN7O2/c1-14(33)16-12-26-21-19(16)23(28-13-27-21)30-10-5-8-18(30)22-29-31-11-9-17(25)20(31)24(34)32(22)15-6-3-2-4-7-15/h2-4,6-7,9,11-13,18H,5,8,10H2,1H3,(H,26,27,28)/t18-/m0/s1. The van der Waals surface area contributed by atoms with Crippen molar-refractivity contribution in [2.45, 2.75) is 25.8 Å². The normalized spacial score (nSPS) is 16.1. The average molecular weight is 474 g/mol. The number of nitrogens with zero attached hydrogens (tertiary/aromatic N) is 6. The summed E-state index contributed by atoms with van der Waals surface area (Å²) >= 11 is 6.34. The van der Waals surface area contributed by atoms with Crippen LogP contribution in [-0.2, 0) is 0 Å². The molecule has 1 aromatic carbocycles. The quantitative estimate of drug-likeness (QED) is 0.396. The van der Waals surface area contributed by atoms with E-state index in [0.717, 1.165) is 12.8 Å². The molecule has 0 amide bonds. The van der Waals surface area contributed by atoms with Gasteiger partial charge in [-0.3, -0.25) is 14.2 Å². The number of rotatable bonds is 4. The fraction of sp³-hybridized carbons (Fsp3) is 0.208. The van der Waals surface area contributed by atoms with Crippen LogP contribution in [0.25, 0.3) is 22.2 Å². The van der Waals surface area contributed by atoms with Crippen LogP contribution in [0.3, 0.4) is 0 Å². The SMILES string of the molecule is CC(=O)c1c[nH]c2ncnc(N3CCC[C@H]3c3nn4ccc(Cl)c4c(=O)n3-c3ccccc3)c12. The van der Waals surface area contributed by atoms with Gasteiger partial charge < -0.3 is 9.88 Å². The number of carbonyl (C=O) groups excluding carboxylic acids is 1. The summed E-state index contributed by atoms with van der Waals surface area (Å²) in [6.45, 7) is 2.23. The molecule has 1 saturated heterocycles. The minimum absolute atomic E-state index is 0.0687. The Labute approximate surface area is 198 Å². The summed E-state index contributed by atoms with van der Waals surface area (Å²) in [5.74, 6) is 1.17. The second-order valence-electron chi connectivity index (χ2n) is 8.32. The zero-order valence-corrected chi connectivity index (χ0v) is 19.0. The number of Topliss-reactive ketones (excluding diaryl/α,β-unsaturated/α-hetero) is 1. The maximum atomic E-state index is 13.7. The lowest BCUT2D eigenvalue weighted by Crippen LogP contribution is -2.33. The van der Waals surface area contributed by atoms with Gasteiger partial charge in [-0.25, -0.2) is 14.5 Å². The number of ketones is 1. The van der Waals surface area contributed by atoms with Crippen LogP contribution in [0.4, 0.5) is 5.82 Å². The number of aromatic amines is 1. The summed E-state index contributed by atoms with van der Waals surface area (Å²) in [5, 5.41) is 5.89. The number of hydrogen-bond donors (Lipinski definition) is 1. The lowest BCUT2D eigenvalue weighted by molar-refractivity contribution is 0.101. The third-order valence-corrected chi connectivity index (χ3v) is 6.63. The third kappa shape index (κ3) is 3.04. The van der Waals surface area contributed by atoms with E-state index in [1.165, 1.54) is 13.3 Å². The molecule has 0 aliphatic carbocycles. The number of H-pyrrole nitrogens is 1. The molecule has 170 valence electrons. The Morgan fingerprint density at radius 3 is 2.79 bits per heavy atom. The van der Waals surface area contributed by atoms with Crippen LogP contribution in [0.5, 0.6) is 0 Å². The molecule has 0 bridgehead atoms. The maximum absolute atomic E-state index is 13.7. The van der Waals surface area contributed by atoms with E-state index < -0.39 is 0 Å². The first-order chi connectivity index (χ1) is 16.5. The Hall–Kier alpha value is -3.98. The topological polar surface area (TPSA) is 101 Å². The van der Waals surface area contributed by atoms with Crippen LogP contribution in [0.2, 0.25) is 5.02 Å². The van der Waals surface area contributed by atoms with Crippen LogP contribution in [0, 0.1) is 0 Å². The predicted octanol–water partition coefficient (Wildman–Crippen LogP) is 3.95. The molecule has 34 heavy (non-hydrogen) atoms. The van der Waals surface area contributed by atoms with Crippen molar-refractivity contribution >= 4 is 39.8 Å². The smallest absolute Gasteiger partial charge is 0.284 e. The summed E-state index contributed by atoms with van der Waals surface area (Å²) in [6, 6.07) is 10.8. The number of nitrogens with one attached hydrogen (secondary N) is 1. The first-order valence-corrected chi connectivity index (χ1v) is 11.4. The highest BCUT2D eigenvalue weighted by Crippen LogP contribution is 2.38. The van der Waals surface area contributed by atoms with Gasteiger partial charge in [-0.15, -0.1) is 0 Å². The Kier molecular flexibility index (Phi) is 4.73. The molecule has 0 spiro atoms. The number of benzene rings is 1. The fourth-order valence-corrected chi connectivity index (χ4v) is 5.04. The number of fused-ring (bicyclic) bond motifs is 2. The zero-order chi connectivity index (χ0) is 23.4. The van der Waals surface area contributed by atoms with Crippen molar-refractivity contribution in [3.05, 3.63) is 81.9 Å². The fourth-order valence-electron chi connectivity index (χ4n) is 4.82. The highest BCUT2D eigenvalue weighted by Gasteiger charge is 2.34. The number of para-hydroxylation sites is 1. The van der Waals surface area contributed by atoms with Crippen LogP contribution in [0.15, 0.2) is 59.9 Å². The van der Waals surface area contributed by atoms with Gasteiger partial charge in [-0.05, 0) is 38.0 Å². The minimum Gasteiger partial charge on any atom is -0.346 e. The van der Waals surface area contributed by atoms with E-state index in [1.807, 2.05) is 30.3 Å². The molecule has 0 saturated carbocycles. The second kappa shape index (κ2) is 7.81. The molecule has 10 heteroatoms. The molecule has 1 fully saturated rings. The van der Waals surface area contributed by atoms with Gasteiger partial charge in [0.25, 0.3) is 5.56 Å². The molecule has 6 rings (SSSR count). The maximum Gasteiger partial charge on any atom is 0.284 e. The first kappa shape index (κ1) is 20.6. The van der Waals surface area contributed by atoms with E-state index in [4.69, 9.17) is 16.7 Å². The summed E-state index contributed by atoms with van der Waals surface area (Å²) in [4.78, 5) is 40.0. The highest BCUT2D eigenvalue weighted by atomic mass is 35.5. The van der Waals surface area contributed by atoms with Crippen LogP contribution in [-0.4, -0.2) is 41.5 Å². The van der Waals surface area contributed by atoms with Crippen molar-refractivity contribution < 1.29 is 4.79 Å². The molecule has 5 heterocycles. The van der Waals surface area contributed by atoms with Crippen molar-refractivity contribution in [2.24, 2.45) is 0 Å². The molecule has 1 aliphatic rings. The van der Waals surface area contributed by atoms with E-state index in [-0.39, 0.29) is 17.4 Å². The molecule has 0 radical (unpaired) electrons. The van der Waals surface area contributed by atoms with Crippen LogP contribution < -0.4 is 10.5 Å². The minimum atomic E-state index is -0.244. The lowest BCUT2D eigenvalue weighted by Gasteiger charge is -2.27. The van der Waals surface area contributed by atoms with E-state index in [2.05, 4.69) is 19.9 Å². The molecule has 1 aliphatic heterocycles. The highest BCUT2D eigenvalue weighted by molar-refractivity contribution is 6.33. The number of hydrogen-bond acceptors (Lipinski definition) is 6.